The number of halogens is 2. The number of ether oxygens (including phenoxy) is 1. The second-order valence-electron chi connectivity index (χ2n) is 8.62. The van der Waals surface area contributed by atoms with Gasteiger partial charge in [0.05, 0.1) is 11.7 Å². The van der Waals surface area contributed by atoms with Crippen molar-refractivity contribution in [3.63, 3.8) is 0 Å². The molecule has 0 radical (unpaired) electrons. The van der Waals surface area contributed by atoms with Crippen LogP contribution in [-0.4, -0.2) is 34.6 Å². The van der Waals surface area contributed by atoms with Crippen LogP contribution in [0.4, 0.5) is 4.39 Å². The third-order valence-electron chi connectivity index (χ3n) is 5.35. The molecule has 1 amide bonds. The van der Waals surface area contributed by atoms with Crippen molar-refractivity contribution in [1.82, 2.24) is 4.90 Å². The van der Waals surface area contributed by atoms with E-state index in [0.717, 1.165) is 12.8 Å². The average molecular weight is 396 g/mol. The SMILES string of the molecule is CCC1(C(C)C)CC(OC(C)(C)C)CN1C(=O)/C=C/c1ccc(Cl)cc1F. The number of hydrogen-bond donors (Lipinski definition) is 0. The van der Waals surface area contributed by atoms with Crippen molar-refractivity contribution in [2.45, 2.75) is 71.6 Å². The quantitative estimate of drug-likeness (QED) is 0.597. The third-order valence-corrected chi connectivity index (χ3v) is 5.58. The Kier molecular flexibility index (Phi) is 6.75. The molecule has 0 spiro atoms. The maximum absolute atomic E-state index is 14.0. The van der Waals surface area contributed by atoms with Crippen LogP contribution in [0.3, 0.4) is 0 Å². The minimum atomic E-state index is -0.437. The van der Waals surface area contributed by atoms with Crippen LogP contribution >= 0.6 is 11.6 Å². The van der Waals surface area contributed by atoms with Gasteiger partial charge in [0.2, 0.25) is 5.91 Å². The summed E-state index contributed by atoms with van der Waals surface area (Å²) in [7, 11) is 0. The minimum absolute atomic E-state index is 0.00281. The van der Waals surface area contributed by atoms with E-state index in [4.69, 9.17) is 16.3 Å². The highest BCUT2D eigenvalue weighted by Gasteiger charge is 2.49. The largest absolute Gasteiger partial charge is 0.371 e. The van der Waals surface area contributed by atoms with E-state index in [-0.39, 0.29) is 23.2 Å². The average Bonchev–Trinajstić information content (AvgIpc) is 2.91. The van der Waals surface area contributed by atoms with E-state index in [1.54, 1.807) is 12.1 Å². The lowest BCUT2D eigenvalue weighted by Crippen LogP contribution is -2.50. The molecule has 0 N–H and O–H groups in total. The van der Waals surface area contributed by atoms with Crippen molar-refractivity contribution >= 4 is 23.6 Å². The number of likely N-dealkylation sites (tertiary alicyclic amines) is 1. The molecule has 27 heavy (non-hydrogen) atoms. The molecule has 3 nitrogen and oxygen atoms in total. The lowest BCUT2D eigenvalue weighted by atomic mass is 9.81. The molecule has 1 aliphatic heterocycles. The summed E-state index contributed by atoms with van der Waals surface area (Å²) in [5.74, 6) is -0.256. The number of hydrogen-bond acceptors (Lipinski definition) is 2. The third kappa shape index (κ3) is 5.11. The molecule has 1 fully saturated rings. The summed E-state index contributed by atoms with van der Waals surface area (Å²) in [6.07, 6.45) is 4.64. The van der Waals surface area contributed by atoms with E-state index >= 15 is 0 Å². The monoisotopic (exact) mass is 395 g/mol. The summed E-state index contributed by atoms with van der Waals surface area (Å²) in [5.41, 5.74) is -0.167. The Hall–Kier alpha value is -1.39. The molecule has 1 heterocycles. The van der Waals surface area contributed by atoms with Crippen molar-refractivity contribution < 1.29 is 13.9 Å². The van der Waals surface area contributed by atoms with Gasteiger partial charge in [0, 0.05) is 28.7 Å². The predicted molar refractivity (Wildman–Crippen MR) is 109 cm³/mol. The van der Waals surface area contributed by atoms with E-state index < -0.39 is 5.82 Å². The maximum Gasteiger partial charge on any atom is 0.247 e. The first kappa shape index (κ1) is 21.9. The Labute approximate surface area is 167 Å². The van der Waals surface area contributed by atoms with Crippen molar-refractivity contribution in [3.8, 4) is 0 Å². The van der Waals surface area contributed by atoms with Gasteiger partial charge in [-0.15, -0.1) is 0 Å². The first-order chi connectivity index (χ1) is 12.5. The van der Waals surface area contributed by atoms with Crippen LogP contribution in [0, 0.1) is 11.7 Å². The minimum Gasteiger partial charge on any atom is -0.371 e. The fraction of sp³-hybridized carbons (Fsp3) is 0.591. The van der Waals surface area contributed by atoms with Crippen LogP contribution in [0.15, 0.2) is 24.3 Å². The smallest absolute Gasteiger partial charge is 0.247 e. The molecular weight excluding hydrogens is 365 g/mol. The Morgan fingerprint density at radius 1 is 1.44 bits per heavy atom. The van der Waals surface area contributed by atoms with Crippen LogP contribution in [0.25, 0.3) is 6.08 Å². The summed E-state index contributed by atoms with van der Waals surface area (Å²) >= 11 is 5.79. The number of benzene rings is 1. The molecule has 0 aromatic heterocycles. The molecule has 1 saturated heterocycles. The molecule has 1 aromatic carbocycles. The standard InChI is InChI=1S/C22H31ClFNO2/c1-7-22(15(2)3)13-18(27-21(4,5)6)14-25(22)20(26)11-9-16-8-10-17(23)12-19(16)24/h8-12,15,18H,7,13-14H2,1-6H3/b11-9+. The number of amides is 1. The molecule has 5 heteroatoms. The van der Waals surface area contributed by atoms with E-state index in [9.17, 15) is 9.18 Å². The summed E-state index contributed by atoms with van der Waals surface area (Å²) in [4.78, 5) is 14.9. The summed E-state index contributed by atoms with van der Waals surface area (Å²) in [5, 5.41) is 0.336. The number of rotatable bonds is 5. The molecule has 2 rings (SSSR count). The molecule has 2 atom stereocenters. The topological polar surface area (TPSA) is 29.5 Å². The van der Waals surface area contributed by atoms with Gasteiger partial charge in [-0.05, 0) is 57.7 Å². The highest BCUT2D eigenvalue weighted by molar-refractivity contribution is 6.30. The van der Waals surface area contributed by atoms with Crippen LogP contribution in [0.1, 0.15) is 59.9 Å². The molecule has 0 aliphatic carbocycles. The predicted octanol–water partition coefficient (Wildman–Crippen LogP) is 5.71. The van der Waals surface area contributed by atoms with Crippen LogP contribution < -0.4 is 0 Å². The van der Waals surface area contributed by atoms with Crippen LogP contribution in [0.5, 0.6) is 0 Å². The van der Waals surface area contributed by atoms with Crippen molar-refractivity contribution in [1.29, 1.82) is 0 Å². The molecule has 1 aromatic rings. The fourth-order valence-corrected chi connectivity index (χ4v) is 4.18. The van der Waals surface area contributed by atoms with Gasteiger partial charge in [-0.25, -0.2) is 4.39 Å². The van der Waals surface area contributed by atoms with Gasteiger partial charge in [0.15, 0.2) is 0 Å². The van der Waals surface area contributed by atoms with Gasteiger partial charge in [0.1, 0.15) is 5.82 Å². The van der Waals surface area contributed by atoms with Crippen LogP contribution in [0.2, 0.25) is 5.02 Å². The molecule has 150 valence electrons. The van der Waals surface area contributed by atoms with Crippen molar-refractivity contribution in [2.75, 3.05) is 6.54 Å². The van der Waals surface area contributed by atoms with Gasteiger partial charge in [-0.2, -0.15) is 0 Å². The zero-order valence-corrected chi connectivity index (χ0v) is 17.9. The van der Waals surface area contributed by atoms with Gasteiger partial charge < -0.3 is 9.64 Å². The molecule has 2 unspecified atom stereocenters. The summed E-state index contributed by atoms with van der Waals surface area (Å²) < 4.78 is 20.2. The first-order valence-corrected chi connectivity index (χ1v) is 9.99. The highest BCUT2D eigenvalue weighted by atomic mass is 35.5. The van der Waals surface area contributed by atoms with E-state index in [2.05, 4.69) is 20.8 Å². The van der Waals surface area contributed by atoms with Gasteiger partial charge >= 0.3 is 0 Å². The Morgan fingerprint density at radius 2 is 2.11 bits per heavy atom. The number of carbonyl (C=O) groups is 1. The highest BCUT2D eigenvalue weighted by Crippen LogP contribution is 2.41. The first-order valence-electron chi connectivity index (χ1n) is 9.61. The lowest BCUT2D eigenvalue weighted by Gasteiger charge is -2.40. The zero-order valence-electron chi connectivity index (χ0n) is 17.2. The molecular formula is C22H31ClFNO2. The molecule has 1 aliphatic rings. The van der Waals surface area contributed by atoms with Crippen molar-refractivity contribution in [3.05, 3.63) is 40.7 Å². The summed E-state index contributed by atoms with van der Waals surface area (Å²) in [6.45, 7) is 13.0. The Morgan fingerprint density at radius 3 is 2.63 bits per heavy atom. The van der Waals surface area contributed by atoms with Crippen LogP contribution in [-0.2, 0) is 9.53 Å². The fourth-order valence-electron chi connectivity index (χ4n) is 4.02. The maximum atomic E-state index is 14.0. The van der Waals surface area contributed by atoms with Gasteiger partial charge in [-0.3, -0.25) is 4.79 Å². The van der Waals surface area contributed by atoms with E-state index in [1.165, 1.54) is 18.2 Å². The Balaban J connectivity index is 2.26. The molecule has 0 saturated carbocycles. The van der Waals surface area contributed by atoms with Gasteiger partial charge in [0.25, 0.3) is 0 Å². The van der Waals surface area contributed by atoms with Gasteiger partial charge in [-0.1, -0.05) is 38.4 Å². The molecule has 0 bridgehead atoms. The summed E-state index contributed by atoms with van der Waals surface area (Å²) in [6, 6.07) is 4.44. The van der Waals surface area contributed by atoms with Crippen molar-refractivity contribution in [2.24, 2.45) is 5.92 Å². The zero-order chi connectivity index (χ0) is 20.4. The normalized spacial score (nSPS) is 23.6. The van der Waals surface area contributed by atoms with E-state index in [1.807, 2.05) is 25.7 Å². The second kappa shape index (κ2) is 8.32. The number of carbonyl (C=O) groups excluding carboxylic acids is 1. The van der Waals surface area contributed by atoms with E-state index in [0.29, 0.717) is 23.0 Å². The number of nitrogens with zero attached hydrogens (tertiary/aromatic N) is 1. The second-order valence-corrected chi connectivity index (χ2v) is 9.05. The Bertz CT molecular complexity index is 711. The lowest BCUT2D eigenvalue weighted by molar-refractivity contribution is -0.132.